The molecule has 2 aromatic carbocycles. The zero-order valence-corrected chi connectivity index (χ0v) is 52.8. The number of carbonyl (C=O) groups excluding carboxylic acids is 4. The van der Waals surface area contributed by atoms with Gasteiger partial charge in [0, 0.05) is 24.7 Å². The highest BCUT2D eigenvalue weighted by atomic mass is 16.4. The molecule has 0 aliphatic carbocycles. The predicted molar refractivity (Wildman–Crippen MR) is 338 cm³/mol. The van der Waals surface area contributed by atoms with Crippen LogP contribution in [0.25, 0.3) is 0 Å². The van der Waals surface area contributed by atoms with Crippen LogP contribution in [0.15, 0.2) is 48.5 Å². The zero-order valence-electron chi connectivity index (χ0n) is 54.8. The van der Waals surface area contributed by atoms with Crippen LogP contribution in [-0.4, -0.2) is 180 Å². The number of carboxylic acid groups (broad SMARTS) is 6. The third kappa shape index (κ3) is 37.5. The van der Waals surface area contributed by atoms with E-state index < -0.39 is 84.9 Å². The molecule has 0 heterocycles. The van der Waals surface area contributed by atoms with E-state index in [1.165, 1.54) is 11.1 Å². The second-order valence-electron chi connectivity index (χ2n) is 23.5. The highest BCUT2D eigenvalue weighted by molar-refractivity contribution is 5.89. The molecule has 0 fully saturated rings. The third-order valence-electron chi connectivity index (χ3n) is 14.9. The van der Waals surface area contributed by atoms with Gasteiger partial charge in [0.05, 0.1) is 13.1 Å². The number of aliphatic carboxylic acids is 6. The second kappa shape index (κ2) is 46.1. The van der Waals surface area contributed by atoms with Gasteiger partial charge in [-0.25, -0.2) is 28.8 Å². The van der Waals surface area contributed by atoms with Gasteiger partial charge in [-0.3, -0.25) is 19.2 Å². The van der Waals surface area contributed by atoms with Crippen LogP contribution < -0.4 is 54.0 Å². The van der Waals surface area contributed by atoms with Gasteiger partial charge in [0.2, 0.25) is 0 Å². The molecule has 89 heavy (non-hydrogen) atoms. The number of carboxylic acids is 6. The fraction of sp³-hybridized carbons (Fsp3) is 0.651. The van der Waals surface area contributed by atoms with E-state index >= 15 is 0 Å². The van der Waals surface area contributed by atoms with Crippen LogP contribution in [0.3, 0.4) is 0 Å². The third-order valence-corrected chi connectivity index (χ3v) is 14.9. The van der Waals surface area contributed by atoms with Crippen molar-refractivity contribution >= 4 is 59.4 Å². The summed E-state index contributed by atoms with van der Waals surface area (Å²) in [7, 11) is 0. The molecule has 0 aliphatic heterocycles. The first-order valence-electron chi connectivity index (χ1n) is 32.0. The SMILES string of the molecule is [2H]NCC(CCCCNCC(=O)C(C)c1ccc(CC(C)C)cc1)CCCNCCC(NC(=O)NC(CCC(=O)O)C(=O)O)C(=O)O.[2H]NCC(CCCNCCC(NC(=O)NC(CCC(=O)O)C(=O)O)C(=O)O)CNCC(=O)C(C)c1ccc(CC(C)C)cc1. The number of ketones is 2. The van der Waals surface area contributed by atoms with Crippen LogP contribution in [0.4, 0.5) is 9.59 Å². The van der Waals surface area contributed by atoms with Gasteiger partial charge >= 0.3 is 47.9 Å². The molecule has 0 bridgehead atoms. The second-order valence-corrected chi connectivity index (χ2v) is 23.5. The van der Waals surface area contributed by atoms with E-state index in [1.54, 1.807) is 0 Å². The van der Waals surface area contributed by atoms with Crippen LogP contribution >= 0.6 is 0 Å². The van der Waals surface area contributed by atoms with Gasteiger partial charge in [-0.1, -0.05) is 96.5 Å². The summed E-state index contributed by atoms with van der Waals surface area (Å²) in [6.45, 7) is 17.2. The van der Waals surface area contributed by atoms with Crippen molar-refractivity contribution in [3.8, 4) is 0 Å². The molecule has 0 aliphatic rings. The van der Waals surface area contributed by atoms with E-state index in [4.69, 9.17) is 23.2 Å². The Morgan fingerprint density at radius 1 is 0.416 bits per heavy atom. The first-order chi connectivity index (χ1) is 43.2. The van der Waals surface area contributed by atoms with Crippen molar-refractivity contribution in [1.29, 1.82) is 0 Å². The molecule has 0 radical (unpaired) electrons. The lowest BCUT2D eigenvalue weighted by molar-refractivity contribution is -0.142. The van der Waals surface area contributed by atoms with Crippen molar-refractivity contribution < 1.29 is 81.4 Å². The number of Topliss-reactive ketones (excluding diaryl/α,β-unsaturated/α-hetero) is 2. The molecule has 26 nitrogen and oxygen atoms in total. The van der Waals surface area contributed by atoms with Gasteiger partial charge in [-0.05, 0) is 175 Å². The molecule has 8 unspecified atom stereocenters. The van der Waals surface area contributed by atoms with Crippen molar-refractivity contribution in [1.82, 2.24) is 42.5 Å². The summed E-state index contributed by atoms with van der Waals surface area (Å²) in [4.78, 5) is 117. The first-order valence-corrected chi connectivity index (χ1v) is 31.0. The summed E-state index contributed by atoms with van der Waals surface area (Å²) >= 11 is 0. The maximum absolute atomic E-state index is 12.7. The lowest BCUT2D eigenvalue weighted by Gasteiger charge is -2.19. The number of amides is 4. The summed E-state index contributed by atoms with van der Waals surface area (Å²) in [6.07, 6.45) is 6.50. The Labute approximate surface area is 526 Å². The Morgan fingerprint density at radius 2 is 0.764 bits per heavy atom. The number of unbranched alkanes of at least 4 members (excludes halogenated alkanes) is 1. The summed E-state index contributed by atoms with van der Waals surface area (Å²) < 4.78 is 14.8. The molecule has 2 rings (SSSR count). The van der Waals surface area contributed by atoms with Gasteiger partial charge in [0.25, 0.3) is 0 Å². The minimum Gasteiger partial charge on any atom is -0.481 e. The zero-order chi connectivity index (χ0) is 68.3. The number of rotatable bonds is 51. The number of hydrogen-bond acceptors (Lipinski definition) is 16. The molecule has 26 heteroatoms. The van der Waals surface area contributed by atoms with Gasteiger partial charge in [0.15, 0.2) is 11.6 Å². The molecule has 0 spiro atoms. The molecule has 4 amide bonds. The van der Waals surface area contributed by atoms with Crippen molar-refractivity contribution in [3.05, 3.63) is 70.8 Å². The minimum atomic E-state index is -1.47. The summed E-state index contributed by atoms with van der Waals surface area (Å²) in [6, 6.07) is 9.04. The molecular weight excluding hydrogens is 1150 g/mol. The average molecular weight is 1260 g/mol. The van der Waals surface area contributed by atoms with Crippen molar-refractivity contribution in [2.24, 2.45) is 35.1 Å². The Morgan fingerprint density at radius 3 is 1.13 bits per heavy atom. The monoisotopic (exact) mass is 1260 g/mol. The molecular formula is C63H104N10O16. The number of nitrogens with one attached hydrogen (secondary N) is 8. The van der Waals surface area contributed by atoms with Gasteiger partial charge < -0.3 is 84.6 Å². The Balaban J connectivity index is 0.000000912. The van der Waals surface area contributed by atoms with Crippen molar-refractivity contribution in [3.63, 3.8) is 0 Å². The summed E-state index contributed by atoms with van der Waals surface area (Å²) in [5.74, 6) is -6.39. The van der Waals surface area contributed by atoms with E-state index in [9.17, 15) is 58.2 Å². The quantitative estimate of drug-likeness (QED) is 0.0411. The molecule has 502 valence electrons. The van der Waals surface area contributed by atoms with Crippen molar-refractivity contribution in [2.75, 3.05) is 65.4 Å². The number of urea groups is 2. The molecule has 0 aromatic heterocycles. The predicted octanol–water partition coefficient (Wildman–Crippen LogP) is 4.28. The van der Waals surface area contributed by atoms with Crippen LogP contribution in [-0.2, 0) is 51.2 Å². The van der Waals surface area contributed by atoms with Gasteiger partial charge in [-0.2, -0.15) is 0 Å². The van der Waals surface area contributed by atoms with E-state index in [2.05, 4.69) is 118 Å². The van der Waals surface area contributed by atoms with E-state index in [1.807, 2.05) is 26.0 Å². The number of hydrogen-bond donors (Lipinski definition) is 16. The maximum Gasteiger partial charge on any atom is 0.326 e. The fourth-order valence-corrected chi connectivity index (χ4v) is 9.48. The Hall–Kier alpha value is -7.10. The van der Waals surface area contributed by atoms with Crippen LogP contribution in [0, 0.1) is 23.7 Å². The van der Waals surface area contributed by atoms with E-state index in [0.717, 1.165) is 75.5 Å². The minimum absolute atomic E-state index is 0.0373. The number of nitrogens with two attached hydrogens (primary N) is 2. The molecule has 2 aromatic rings. The highest BCUT2D eigenvalue weighted by Gasteiger charge is 2.27. The van der Waals surface area contributed by atoms with E-state index in [0.29, 0.717) is 63.6 Å². The standard InChI is InChI=1S/C33H55N5O8.C30H49N5O8/c1-22(2)19-24-9-11-26(12-10-24)23(3)29(39)21-36-16-5-4-7-25(20-34)8-6-17-35-18-15-28(32(44)45)38-33(46)37-27(31(42)43)13-14-30(40)41;1-19(2)15-21-6-8-23(9-7-21)20(3)26(36)18-33-17-22(16-31)5-4-13-32-14-12-25(29(41)42)35-30(43)34-24(28(39)40)10-11-27(37)38/h9-12,22-23,25,27-28,35-36H,4-8,13-21,34H2,1-3H3,(H,40,41)(H,42,43)(H,44,45)(H2,37,38,46);6-9,19-20,22,24-25,32-33H,4-5,10-18,31H2,1-3H3,(H,37,38)(H,39,40)(H,41,42)(H2,34,35,43)/i/hD2. The smallest absolute Gasteiger partial charge is 0.326 e. The lowest BCUT2D eigenvalue weighted by atomic mass is 9.94. The maximum atomic E-state index is 12.7. The fourth-order valence-electron chi connectivity index (χ4n) is 9.48. The van der Waals surface area contributed by atoms with Gasteiger partial charge in [0.1, 0.15) is 27.0 Å². The first kappa shape index (κ1) is 76.1. The number of carbonyl (C=O) groups is 10. The molecule has 18 N–H and O–H groups in total. The Kier molecular flexibility index (Phi) is 39.4. The van der Waals surface area contributed by atoms with Gasteiger partial charge in [-0.15, -0.1) is 0 Å². The topological polar surface area (TPSA) is 440 Å². The van der Waals surface area contributed by atoms with E-state index in [-0.39, 0.29) is 68.1 Å². The lowest BCUT2D eigenvalue weighted by Crippen LogP contribution is -2.51. The highest BCUT2D eigenvalue weighted by Crippen LogP contribution is 2.20. The Bertz CT molecular complexity index is 2500. The normalized spacial score (nSPS) is 14.2. The summed E-state index contributed by atoms with van der Waals surface area (Å²) in [5.41, 5.74) is 9.49. The molecule has 0 saturated heterocycles. The largest absolute Gasteiger partial charge is 0.481 e. The van der Waals surface area contributed by atoms with Crippen LogP contribution in [0.5, 0.6) is 0 Å². The summed E-state index contributed by atoms with van der Waals surface area (Å²) in [5, 5.41) is 76.0. The molecule has 8 atom stereocenters. The van der Waals surface area contributed by atoms with Crippen LogP contribution in [0.2, 0.25) is 2.82 Å². The average Bonchev–Trinajstić information content (AvgIpc) is 1.48. The molecule has 0 saturated carbocycles. The van der Waals surface area contributed by atoms with Crippen molar-refractivity contribution in [2.45, 2.75) is 174 Å². The van der Waals surface area contributed by atoms with Crippen LogP contribution in [0.1, 0.15) is 159 Å². The number of benzene rings is 2.